The molecule has 35 heavy (non-hydrogen) atoms. The molecule has 3 aromatic rings. The van der Waals surface area contributed by atoms with Gasteiger partial charge < -0.3 is 19.9 Å². The van der Waals surface area contributed by atoms with E-state index in [1.165, 1.54) is 19.4 Å². The highest BCUT2D eigenvalue weighted by atomic mass is 16.5. The van der Waals surface area contributed by atoms with Crippen molar-refractivity contribution < 1.29 is 24.2 Å². The van der Waals surface area contributed by atoms with Gasteiger partial charge in [0.25, 0.3) is 5.91 Å². The summed E-state index contributed by atoms with van der Waals surface area (Å²) in [6, 6.07) is 17.1. The minimum absolute atomic E-state index is 0.121. The van der Waals surface area contributed by atoms with Crippen LogP contribution in [0.3, 0.4) is 0 Å². The van der Waals surface area contributed by atoms with Gasteiger partial charge in [-0.1, -0.05) is 59.7 Å². The lowest BCUT2D eigenvalue weighted by molar-refractivity contribution is -0.160. The van der Waals surface area contributed by atoms with Crippen LogP contribution in [0.5, 0.6) is 11.5 Å². The van der Waals surface area contributed by atoms with E-state index in [0.29, 0.717) is 6.42 Å². The zero-order chi connectivity index (χ0) is 25.2. The summed E-state index contributed by atoms with van der Waals surface area (Å²) in [5.41, 5.74) is 3.81. The molecule has 7 nitrogen and oxygen atoms in total. The van der Waals surface area contributed by atoms with E-state index in [4.69, 9.17) is 9.47 Å². The third-order valence-electron chi connectivity index (χ3n) is 6.70. The molecular weight excluding hydrogens is 444 g/mol. The molecule has 1 unspecified atom stereocenters. The number of ether oxygens (including phenoxy) is 2. The average molecular weight is 475 g/mol. The quantitative estimate of drug-likeness (QED) is 0.498. The number of amides is 1. The average Bonchev–Trinajstić information content (AvgIpc) is 2.82. The van der Waals surface area contributed by atoms with Crippen molar-refractivity contribution in [2.75, 3.05) is 7.11 Å². The van der Waals surface area contributed by atoms with Crippen molar-refractivity contribution in [2.24, 2.45) is 0 Å². The molecule has 1 amide bonds. The number of methoxy groups -OCH3 is 1. The van der Waals surface area contributed by atoms with E-state index in [1.807, 2.05) is 38.1 Å². The maximum Gasteiger partial charge on any atom is 0.328 e. The standard InChI is InChI=1S/C28H30N2O5/c1-17-7-5-9-20(15-17)28(21-10-6-8-18(2)16-21)13-11-23(28)35-27(33)19(3)30-26(32)24-25(31)22(34-4)12-14-29-24/h5-10,12,14-16,19,23,31H,11,13H2,1-4H3,(H,30,32)/t19-,23?/m0/s1. The van der Waals surface area contributed by atoms with Crippen LogP contribution < -0.4 is 10.1 Å². The third kappa shape index (κ3) is 4.58. The lowest BCUT2D eigenvalue weighted by atomic mass is 9.58. The van der Waals surface area contributed by atoms with Crippen LogP contribution in [0.15, 0.2) is 60.8 Å². The minimum Gasteiger partial charge on any atom is -0.503 e. The zero-order valence-electron chi connectivity index (χ0n) is 20.4. The van der Waals surface area contributed by atoms with Gasteiger partial charge in [-0.15, -0.1) is 0 Å². The van der Waals surface area contributed by atoms with Crippen molar-refractivity contribution in [2.45, 2.75) is 51.2 Å². The van der Waals surface area contributed by atoms with Gasteiger partial charge in [-0.3, -0.25) is 4.79 Å². The van der Waals surface area contributed by atoms with E-state index in [9.17, 15) is 14.7 Å². The predicted molar refractivity (Wildman–Crippen MR) is 132 cm³/mol. The number of rotatable bonds is 7. The highest BCUT2D eigenvalue weighted by Gasteiger charge is 2.52. The Kier molecular flexibility index (Phi) is 6.78. The Balaban J connectivity index is 1.55. The second kappa shape index (κ2) is 9.78. The molecular formula is C28H30N2O5. The molecule has 1 fully saturated rings. The van der Waals surface area contributed by atoms with E-state index in [1.54, 1.807) is 6.92 Å². The van der Waals surface area contributed by atoms with Crippen LogP contribution in [0, 0.1) is 13.8 Å². The van der Waals surface area contributed by atoms with Crippen LogP contribution >= 0.6 is 0 Å². The van der Waals surface area contributed by atoms with Crippen LogP contribution in [0.4, 0.5) is 0 Å². The second-order valence-electron chi connectivity index (χ2n) is 9.08. The summed E-state index contributed by atoms with van der Waals surface area (Å²) in [6.07, 6.45) is 2.54. The van der Waals surface area contributed by atoms with Crippen molar-refractivity contribution in [3.05, 3.63) is 88.7 Å². The summed E-state index contributed by atoms with van der Waals surface area (Å²) < 4.78 is 11.0. The number of hydrogen-bond donors (Lipinski definition) is 2. The number of esters is 1. The predicted octanol–water partition coefficient (Wildman–Crippen LogP) is 4.22. The number of aromatic hydroxyl groups is 1. The molecule has 1 heterocycles. The molecule has 0 radical (unpaired) electrons. The molecule has 182 valence electrons. The van der Waals surface area contributed by atoms with Crippen LogP contribution in [0.2, 0.25) is 0 Å². The van der Waals surface area contributed by atoms with Gasteiger partial charge in [-0.2, -0.15) is 0 Å². The zero-order valence-corrected chi connectivity index (χ0v) is 20.4. The smallest absolute Gasteiger partial charge is 0.328 e. The van der Waals surface area contributed by atoms with Crippen LogP contribution in [0.25, 0.3) is 0 Å². The van der Waals surface area contributed by atoms with Gasteiger partial charge >= 0.3 is 5.97 Å². The molecule has 0 spiro atoms. The Morgan fingerprint density at radius 1 is 1.09 bits per heavy atom. The second-order valence-corrected chi connectivity index (χ2v) is 9.08. The Labute approximate surface area is 205 Å². The number of hydrogen-bond acceptors (Lipinski definition) is 6. The molecule has 0 bridgehead atoms. The summed E-state index contributed by atoms with van der Waals surface area (Å²) in [6.45, 7) is 5.65. The summed E-state index contributed by atoms with van der Waals surface area (Å²) in [5, 5.41) is 12.8. The molecule has 1 aliphatic carbocycles. The van der Waals surface area contributed by atoms with Crippen molar-refractivity contribution in [3.63, 3.8) is 0 Å². The van der Waals surface area contributed by atoms with Gasteiger partial charge in [0.2, 0.25) is 0 Å². The molecule has 1 saturated carbocycles. The van der Waals surface area contributed by atoms with Gasteiger partial charge in [0.15, 0.2) is 17.2 Å². The lowest BCUT2D eigenvalue weighted by Crippen LogP contribution is -2.54. The molecule has 2 atom stereocenters. The van der Waals surface area contributed by atoms with Gasteiger partial charge in [0, 0.05) is 12.3 Å². The Bertz CT molecular complexity index is 1210. The van der Waals surface area contributed by atoms with E-state index in [-0.39, 0.29) is 23.3 Å². The molecule has 4 rings (SSSR count). The molecule has 1 aromatic heterocycles. The van der Waals surface area contributed by atoms with Crippen LogP contribution in [-0.4, -0.2) is 41.2 Å². The monoisotopic (exact) mass is 474 g/mol. The first-order valence-corrected chi connectivity index (χ1v) is 11.6. The molecule has 1 aliphatic rings. The molecule has 2 N–H and O–H groups in total. The molecule has 0 aliphatic heterocycles. The lowest BCUT2D eigenvalue weighted by Gasteiger charge is -2.50. The highest BCUT2D eigenvalue weighted by Crippen LogP contribution is 2.51. The van der Waals surface area contributed by atoms with Crippen molar-refractivity contribution in [1.82, 2.24) is 10.3 Å². The summed E-state index contributed by atoms with van der Waals surface area (Å²) in [7, 11) is 1.38. The Morgan fingerprint density at radius 3 is 2.23 bits per heavy atom. The largest absolute Gasteiger partial charge is 0.503 e. The van der Waals surface area contributed by atoms with Crippen LogP contribution in [-0.2, 0) is 14.9 Å². The van der Waals surface area contributed by atoms with Gasteiger partial charge in [-0.25, -0.2) is 9.78 Å². The molecule has 7 heteroatoms. The van der Waals surface area contributed by atoms with E-state index < -0.39 is 23.3 Å². The molecule has 0 saturated heterocycles. The fourth-order valence-electron chi connectivity index (χ4n) is 4.72. The van der Waals surface area contributed by atoms with Crippen molar-refractivity contribution in [3.8, 4) is 11.5 Å². The topological polar surface area (TPSA) is 97.8 Å². The normalized spacial score (nSPS) is 17.1. The maximum atomic E-state index is 13.1. The van der Waals surface area contributed by atoms with Crippen molar-refractivity contribution >= 4 is 11.9 Å². The number of pyridine rings is 1. The number of nitrogens with one attached hydrogen (secondary N) is 1. The van der Waals surface area contributed by atoms with Crippen molar-refractivity contribution in [1.29, 1.82) is 0 Å². The summed E-state index contributed by atoms with van der Waals surface area (Å²) in [5.74, 6) is -1.50. The fraction of sp³-hybridized carbons (Fsp3) is 0.321. The number of aryl methyl sites for hydroxylation is 2. The van der Waals surface area contributed by atoms with E-state index in [0.717, 1.165) is 28.7 Å². The fourth-order valence-corrected chi connectivity index (χ4v) is 4.72. The van der Waals surface area contributed by atoms with E-state index >= 15 is 0 Å². The Morgan fingerprint density at radius 2 is 1.71 bits per heavy atom. The summed E-state index contributed by atoms with van der Waals surface area (Å²) in [4.78, 5) is 29.6. The SMILES string of the molecule is COc1ccnc(C(=O)N[C@@H](C)C(=O)OC2CCC2(c2cccc(C)c2)c2cccc(C)c2)c1O. The van der Waals surface area contributed by atoms with Crippen LogP contribution in [0.1, 0.15) is 52.5 Å². The summed E-state index contributed by atoms with van der Waals surface area (Å²) >= 11 is 0. The highest BCUT2D eigenvalue weighted by molar-refractivity contribution is 5.97. The number of benzene rings is 2. The Hall–Kier alpha value is -3.87. The number of carbonyl (C=O) groups is 2. The maximum absolute atomic E-state index is 13.1. The first-order chi connectivity index (χ1) is 16.8. The number of carbonyl (C=O) groups excluding carboxylic acids is 2. The number of nitrogens with zero attached hydrogens (tertiary/aromatic N) is 1. The first kappa shape index (κ1) is 24.3. The van der Waals surface area contributed by atoms with Gasteiger partial charge in [-0.05, 0) is 44.7 Å². The first-order valence-electron chi connectivity index (χ1n) is 11.6. The van der Waals surface area contributed by atoms with E-state index in [2.05, 4.69) is 34.6 Å². The third-order valence-corrected chi connectivity index (χ3v) is 6.70. The number of aromatic nitrogens is 1. The van der Waals surface area contributed by atoms with Gasteiger partial charge in [0.05, 0.1) is 12.5 Å². The van der Waals surface area contributed by atoms with Gasteiger partial charge in [0.1, 0.15) is 12.1 Å². The minimum atomic E-state index is -0.941. The molecule has 2 aromatic carbocycles.